The monoisotopic (exact) mass is 475 g/mol. The molecule has 1 saturated heterocycles. The van der Waals surface area contributed by atoms with Crippen LogP contribution < -0.4 is 21.5 Å². The number of carbonyl (C=O) groups is 1. The van der Waals surface area contributed by atoms with Crippen molar-refractivity contribution in [3.63, 3.8) is 0 Å². The largest absolute Gasteiger partial charge is 0.417 e. The zero-order valence-electron chi connectivity index (χ0n) is 18.4. The highest BCUT2D eigenvalue weighted by molar-refractivity contribution is 5.90. The average Bonchev–Trinajstić information content (AvgIpc) is 3.20. The summed E-state index contributed by atoms with van der Waals surface area (Å²) in [4.78, 5) is 33.2. The van der Waals surface area contributed by atoms with E-state index in [1.807, 2.05) is 12.2 Å². The van der Waals surface area contributed by atoms with Crippen LogP contribution in [0.1, 0.15) is 24.0 Å². The minimum Gasteiger partial charge on any atom is -0.383 e. The number of halogens is 3. The van der Waals surface area contributed by atoms with Gasteiger partial charge in [-0.3, -0.25) is 4.79 Å². The molecule has 4 heterocycles. The van der Waals surface area contributed by atoms with Gasteiger partial charge >= 0.3 is 12.2 Å². The van der Waals surface area contributed by atoms with E-state index in [0.717, 1.165) is 16.5 Å². The predicted molar refractivity (Wildman–Crippen MR) is 122 cm³/mol. The Balaban J connectivity index is 1.51. The van der Waals surface area contributed by atoms with Gasteiger partial charge in [-0.1, -0.05) is 12.2 Å². The van der Waals surface area contributed by atoms with Crippen LogP contribution in [0.25, 0.3) is 0 Å². The molecule has 2 aliphatic rings. The Hall–Kier alpha value is -3.83. The van der Waals surface area contributed by atoms with Gasteiger partial charge in [-0.2, -0.15) is 13.2 Å². The van der Waals surface area contributed by atoms with Crippen LogP contribution >= 0.6 is 0 Å². The van der Waals surface area contributed by atoms with Gasteiger partial charge in [0.15, 0.2) is 0 Å². The second kappa shape index (κ2) is 8.50. The number of rotatable bonds is 3. The Kier molecular flexibility index (Phi) is 5.84. The topological polar surface area (TPSA) is 120 Å². The number of nitrogen functional groups attached to an aromatic ring is 1. The number of pyridine rings is 2. The molecule has 2 amide bonds. The van der Waals surface area contributed by atoms with Crippen LogP contribution in [0, 0.1) is 5.41 Å². The van der Waals surface area contributed by atoms with Crippen molar-refractivity contribution in [2.75, 3.05) is 35.6 Å². The quantitative estimate of drug-likeness (QED) is 0.466. The molecule has 34 heavy (non-hydrogen) atoms. The molecule has 0 aromatic carbocycles. The second-order valence-electron chi connectivity index (χ2n) is 8.40. The maximum absolute atomic E-state index is 13.2. The summed E-state index contributed by atoms with van der Waals surface area (Å²) >= 11 is 0. The molecule has 1 spiro atoms. The van der Waals surface area contributed by atoms with E-state index in [2.05, 4.69) is 15.2 Å². The van der Waals surface area contributed by atoms with Gasteiger partial charge in [-0.05, 0) is 25.0 Å². The second-order valence-corrected chi connectivity index (χ2v) is 8.40. The third-order valence-electron chi connectivity index (χ3n) is 6.34. The van der Waals surface area contributed by atoms with Gasteiger partial charge in [-0.25, -0.2) is 9.78 Å². The maximum atomic E-state index is 13.2. The lowest BCUT2D eigenvalue weighted by atomic mass is 9.87. The SMILES string of the molecule is Cn1cc(C(F)(F)F)cc(NC(=O)N2CC=CC23CCN(c2cnc(N)c(C=N)c2)CC3)c1=O. The number of alkyl halides is 3. The predicted octanol–water partition coefficient (Wildman–Crippen LogP) is 2.82. The maximum Gasteiger partial charge on any atom is 0.417 e. The van der Waals surface area contributed by atoms with E-state index < -0.39 is 34.6 Å². The first-order valence-corrected chi connectivity index (χ1v) is 10.6. The molecular formula is C22H24F3N7O2. The van der Waals surface area contributed by atoms with Crippen LogP contribution in [0.15, 0.2) is 41.5 Å². The molecule has 0 atom stereocenters. The van der Waals surface area contributed by atoms with E-state index in [-0.39, 0.29) is 12.4 Å². The lowest BCUT2D eigenvalue weighted by Gasteiger charge is -2.44. The Morgan fingerprint density at radius 3 is 2.65 bits per heavy atom. The summed E-state index contributed by atoms with van der Waals surface area (Å²) in [6, 6.07) is 1.81. The summed E-state index contributed by atoms with van der Waals surface area (Å²) in [6.45, 7) is 1.46. The molecule has 1 fully saturated rings. The van der Waals surface area contributed by atoms with Crippen LogP contribution in [0.5, 0.6) is 0 Å². The Labute approximate surface area is 193 Å². The smallest absolute Gasteiger partial charge is 0.383 e. The number of nitrogens with zero attached hydrogens (tertiary/aromatic N) is 4. The summed E-state index contributed by atoms with van der Waals surface area (Å²) < 4.78 is 40.3. The van der Waals surface area contributed by atoms with Gasteiger partial charge in [0, 0.05) is 44.7 Å². The van der Waals surface area contributed by atoms with Crippen molar-refractivity contribution in [3.8, 4) is 0 Å². The van der Waals surface area contributed by atoms with E-state index in [1.54, 1.807) is 17.2 Å². The highest BCUT2D eigenvalue weighted by Crippen LogP contribution is 2.36. The van der Waals surface area contributed by atoms with E-state index >= 15 is 0 Å². The zero-order chi connectivity index (χ0) is 24.7. The standard InChI is InChI=1S/C22H24F3N7O2/c1-30-13-15(22(23,24)25)10-17(19(30)33)29-20(34)32-6-2-3-21(32)4-7-31(8-5-21)16-9-14(11-26)18(27)28-12-16/h2-3,9-13,26H,4-8H2,1H3,(H2,27,28)(H,29,34). The molecule has 0 bridgehead atoms. The lowest BCUT2D eigenvalue weighted by Crippen LogP contribution is -2.55. The fraction of sp³-hybridized carbons (Fsp3) is 0.364. The van der Waals surface area contributed by atoms with E-state index in [4.69, 9.17) is 11.1 Å². The first-order valence-electron chi connectivity index (χ1n) is 10.6. The summed E-state index contributed by atoms with van der Waals surface area (Å²) in [5, 5.41) is 9.85. The van der Waals surface area contributed by atoms with Gasteiger partial charge in [0.25, 0.3) is 5.56 Å². The highest BCUT2D eigenvalue weighted by atomic mass is 19.4. The number of hydrogen-bond acceptors (Lipinski definition) is 6. The van der Waals surface area contributed by atoms with Gasteiger partial charge in [-0.15, -0.1) is 0 Å². The molecule has 0 radical (unpaired) electrons. The summed E-state index contributed by atoms with van der Waals surface area (Å²) in [7, 11) is 1.21. The molecule has 4 rings (SSSR count). The number of nitrogens with one attached hydrogen (secondary N) is 2. The number of nitrogens with two attached hydrogens (primary N) is 1. The molecule has 9 nitrogen and oxygen atoms in total. The number of hydrogen-bond donors (Lipinski definition) is 3. The van der Waals surface area contributed by atoms with Gasteiger partial charge in [0.1, 0.15) is 11.5 Å². The molecule has 180 valence electrons. The van der Waals surface area contributed by atoms with Gasteiger partial charge < -0.3 is 30.8 Å². The van der Waals surface area contributed by atoms with Crippen LogP contribution in [-0.2, 0) is 13.2 Å². The fourth-order valence-corrected chi connectivity index (χ4v) is 4.43. The first-order chi connectivity index (χ1) is 16.0. The molecule has 2 aromatic rings. The highest BCUT2D eigenvalue weighted by Gasteiger charge is 2.43. The third-order valence-corrected chi connectivity index (χ3v) is 6.34. The third kappa shape index (κ3) is 4.22. The summed E-state index contributed by atoms with van der Waals surface area (Å²) in [5.41, 5.74) is 4.31. The summed E-state index contributed by atoms with van der Waals surface area (Å²) in [6.07, 6.45) is 3.75. The van der Waals surface area contributed by atoms with Crippen molar-refractivity contribution >= 4 is 29.4 Å². The average molecular weight is 475 g/mol. The molecule has 4 N–H and O–H groups in total. The van der Waals surface area contributed by atoms with E-state index in [9.17, 15) is 22.8 Å². The van der Waals surface area contributed by atoms with Crippen LogP contribution in [0.3, 0.4) is 0 Å². The summed E-state index contributed by atoms with van der Waals surface area (Å²) in [5.74, 6) is 0.273. The van der Waals surface area contributed by atoms with E-state index in [1.165, 1.54) is 7.05 Å². The first kappa shape index (κ1) is 23.3. The normalized spacial score (nSPS) is 17.3. The van der Waals surface area contributed by atoms with Crippen LogP contribution in [-0.4, -0.2) is 51.9 Å². The minimum absolute atomic E-state index is 0.273. The number of urea groups is 1. The molecule has 0 aliphatic carbocycles. The number of aryl methyl sites for hydroxylation is 1. The van der Waals surface area contributed by atoms with Gasteiger partial charge in [0.05, 0.1) is 23.0 Å². The molecule has 2 aromatic heterocycles. The molecule has 0 unspecified atom stereocenters. The minimum atomic E-state index is -4.65. The molecule has 0 saturated carbocycles. The fourth-order valence-electron chi connectivity index (χ4n) is 4.43. The lowest BCUT2D eigenvalue weighted by molar-refractivity contribution is -0.138. The number of carbonyl (C=O) groups excluding carboxylic acids is 1. The van der Waals surface area contributed by atoms with Crippen molar-refractivity contribution in [1.82, 2.24) is 14.5 Å². The molecule has 12 heteroatoms. The Bertz CT molecular complexity index is 1210. The van der Waals surface area contributed by atoms with Crippen LogP contribution in [0.4, 0.5) is 35.2 Å². The van der Waals surface area contributed by atoms with Crippen molar-refractivity contribution in [3.05, 3.63) is 58.2 Å². The number of aromatic nitrogens is 2. The van der Waals surface area contributed by atoms with E-state index in [0.29, 0.717) is 43.8 Å². The van der Waals surface area contributed by atoms with Crippen molar-refractivity contribution in [2.24, 2.45) is 7.05 Å². The molecule has 2 aliphatic heterocycles. The van der Waals surface area contributed by atoms with Crippen LogP contribution in [0.2, 0.25) is 0 Å². The Morgan fingerprint density at radius 2 is 2.00 bits per heavy atom. The van der Waals surface area contributed by atoms with Gasteiger partial charge in [0.2, 0.25) is 0 Å². The molecular weight excluding hydrogens is 451 g/mol. The Morgan fingerprint density at radius 1 is 1.29 bits per heavy atom. The number of amides is 2. The number of anilines is 3. The van der Waals surface area contributed by atoms with Crippen molar-refractivity contribution in [2.45, 2.75) is 24.6 Å². The van der Waals surface area contributed by atoms with Crippen molar-refractivity contribution < 1.29 is 18.0 Å². The zero-order valence-corrected chi connectivity index (χ0v) is 18.4. The number of piperidine rings is 1. The van der Waals surface area contributed by atoms with Crippen molar-refractivity contribution in [1.29, 1.82) is 5.41 Å².